The molecular formula is C9H18N2Na4O12P2. The summed E-state index contributed by atoms with van der Waals surface area (Å²) in [5.74, 6) is 0. The molecule has 1 unspecified atom stereocenters. The number of aromatic amines is 1. The second-order valence-electron chi connectivity index (χ2n) is 4.90. The van der Waals surface area contributed by atoms with Gasteiger partial charge in [0.05, 0.1) is 6.61 Å². The molecule has 20 heteroatoms. The van der Waals surface area contributed by atoms with Crippen LogP contribution in [0.3, 0.4) is 0 Å². The summed E-state index contributed by atoms with van der Waals surface area (Å²) in [4.78, 5) is 50.7. The van der Waals surface area contributed by atoms with Crippen molar-refractivity contribution in [2.45, 2.75) is 24.5 Å². The fourth-order valence-electron chi connectivity index (χ4n) is 2.05. The molecule has 1 aromatic rings. The van der Waals surface area contributed by atoms with E-state index in [4.69, 9.17) is 19.4 Å². The number of nitrogens with one attached hydrogen (secondary N) is 1. The second-order valence-corrected chi connectivity index (χ2v) is 7.73. The molecule has 1 aliphatic rings. The monoisotopic (exact) mass is 500 g/mol. The number of nitrogens with zero attached hydrogens (tertiary/aromatic N) is 1. The summed E-state index contributed by atoms with van der Waals surface area (Å²) in [5.41, 5.74) is -1.65. The van der Waals surface area contributed by atoms with E-state index in [1.807, 2.05) is 4.98 Å². The van der Waals surface area contributed by atoms with E-state index in [1.165, 1.54) is 0 Å². The maximum atomic E-state index is 11.7. The third-order valence-electron chi connectivity index (χ3n) is 3.07. The van der Waals surface area contributed by atoms with Gasteiger partial charge in [-0.15, -0.1) is 0 Å². The van der Waals surface area contributed by atoms with Gasteiger partial charge in [0.15, 0.2) is 6.23 Å². The molecule has 0 amide bonds. The third kappa shape index (κ3) is 11.2. The van der Waals surface area contributed by atoms with E-state index in [-0.39, 0.29) is 118 Å². The molecule has 0 aromatic carbocycles. The molecule has 0 radical (unpaired) electrons. The van der Waals surface area contributed by atoms with Gasteiger partial charge in [-0.2, -0.15) is 4.31 Å². The van der Waals surface area contributed by atoms with Crippen LogP contribution in [0.2, 0.25) is 0 Å². The van der Waals surface area contributed by atoms with Crippen LogP contribution < -0.4 is 11.2 Å². The predicted octanol–water partition coefficient (Wildman–Crippen LogP) is -5.21. The minimum absolute atomic E-state index is 0. The van der Waals surface area contributed by atoms with Gasteiger partial charge in [-0.25, -0.2) is 13.9 Å². The van der Waals surface area contributed by atoms with Crippen molar-refractivity contribution in [2.24, 2.45) is 0 Å². The summed E-state index contributed by atoms with van der Waals surface area (Å²) in [6.45, 7) is -0.902. The van der Waals surface area contributed by atoms with E-state index >= 15 is 0 Å². The van der Waals surface area contributed by atoms with Crippen LogP contribution in [-0.4, -0.2) is 178 Å². The van der Waals surface area contributed by atoms with Crippen LogP contribution in [0.5, 0.6) is 0 Å². The summed E-state index contributed by atoms with van der Waals surface area (Å²) < 4.78 is 35.6. The van der Waals surface area contributed by atoms with Crippen molar-refractivity contribution >= 4 is 134 Å². The number of aromatic nitrogens is 2. The van der Waals surface area contributed by atoms with Crippen molar-refractivity contribution < 1.29 is 47.6 Å². The number of hydrogen-bond donors (Lipinski definition) is 6. The molecule has 2 heterocycles. The van der Waals surface area contributed by atoms with Gasteiger partial charge in [0.1, 0.15) is 18.3 Å². The first-order valence-electron chi connectivity index (χ1n) is 6.47. The second kappa shape index (κ2) is 14.9. The van der Waals surface area contributed by atoms with Crippen molar-refractivity contribution in [3.05, 3.63) is 33.1 Å². The van der Waals surface area contributed by atoms with E-state index in [0.717, 1.165) is 16.8 Å². The SMILES string of the molecule is O=c1ccn([C@@H]2O[C@H](COP(=O)(O)OP(=O)(O)O)[C@@H](O)[C@H]2O)c(=O)[nH]1.[NaH].[NaH].[NaH].[NaH]. The summed E-state index contributed by atoms with van der Waals surface area (Å²) in [5, 5.41) is 19.8. The van der Waals surface area contributed by atoms with Crippen molar-refractivity contribution in [2.75, 3.05) is 6.61 Å². The van der Waals surface area contributed by atoms with Gasteiger partial charge in [0.25, 0.3) is 5.56 Å². The molecule has 1 aromatic heterocycles. The Balaban J connectivity index is -0.00000169. The molecule has 5 atom stereocenters. The zero-order valence-electron chi connectivity index (χ0n) is 12.1. The summed E-state index contributed by atoms with van der Waals surface area (Å²) in [7, 11) is -10.5. The first-order chi connectivity index (χ1) is 11.4. The van der Waals surface area contributed by atoms with E-state index in [0.29, 0.717) is 0 Å². The molecule has 0 spiro atoms. The van der Waals surface area contributed by atoms with Gasteiger partial charge in [-0.1, -0.05) is 0 Å². The molecule has 1 fully saturated rings. The Morgan fingerprint density at radius 1 is 1.07 bits per heavy atom. The Morgan fingerprint density at radius 3 is 2.10 bits per heavy atom. The third-order valence-corrected chi connectivity index (χ3v) is 5.23. The van der Waals surface area contributed by atoms with Gasteiger partial charge in [-0.05, 0) is 0 Å². The van der Waals surface area contributed by atoms with Crippen molar-refractivity contribution in [1.29, 1.82) is 0 Å². The average Bonchev–Trinajstić information content (AvgIpc) is 2.71. The standard InChI is InChI=1S/C9H14N2O12P2.4Na.4H/c12-5-1-2-11(9(15)10-5)8-7(14)6(13)4(22-8)3-21-25(19,20)23-24(16,17)18;;;;;;;;/h1-2,4,6-8,13-14H,3H2,(H,19,20)(H,10,12,15)(H2,16,17,18);;;;;;;;/t4-,6-,7-,8-;;;;;;;;/m1......../s1. The molecule has 14 nitrogen and oxygen atoms in total. The zero-order valence-corrected chi connectivity index (χ0v) is 13.9. The van der Waals surface area contributed by atoms with Gasteiger partial charge in [0.2, 0.25) is 0 Å². The molecule has 2 rings (SSSR count). The Morgan fingerprint density at radius 2 is 1.62 bits per heavy atom. The quantitative estimate of drug-likeness (QED) is 0.160. The number of H-pyrrole nitrogens is 1. The first kappa shape index (κ1) is 36.4. The normalized spacial score (nSPS) is 25.4. The van der Waals surface area contributed by atoms with Crippen LogP contribution >= 0.6 is 15.6 Å². The molecule has 150 valence electrons. The van der Waals surface area contributed by atoms with Gasteiger partial charge in [-0.3, -0.25) is 18.9 Å². The van der Waals surface area contributed by atoms with Crippen LogP contribution in [0, 0.1) is 0 Å². The zero-order chi connectivity index (χ0) is 19.0. The Labute approximate surface area is 251 Å². The summed E-state index contributed by atoms with van der Waals surface area (Å²) >= 11 is 0. The fraction of sp³-hybridized carbons (Fsp3) is 0.556. The molecule has 1 aliphatic heterocycles. The molecule has 0 aliphatic carbocycles. The Kier molecular flexibility index (Phi) is 18.8. The van der Waals surface area contributed by atoms with Crippen LogP contribution in [0.4, 0.5) is 0 Å². The molecule has 1 saturated heterocycles. The van der Waals surface area contributed by atoms with E-state index < -0.39 is 58.0 Å². The number of aliphatic hydroxyl groups is 2. The summed E-state index contributed by atoms with van der Waals surface area (Å²) in [6.07, 6.45) is -5.25. The van der Waals surface area contributed by atoms with E-state index in [1.54, 1.807) is 0 Å². The number of aliphatic hydroxyl groups excluding tert-OH is 2. The molecule has 6 N–H and O–H groups in total. The van der Waals surface area contributed by atoms with E-state index in [2.05, 4.69) is 8.83 Å². The van der Waals surface area contributed by atoms with Gasteiger partial charge >= 0.3 is 140 Å². The molecule has 0 bridgehead atoms. The van der Waals surface area contributed by atoms with Crippen molar-refractivity contribution in [3.8, 4) is 0 Å². The maximum absolute atomic E-state index is 11.7. The van der Waals surface area contributed by atoms with Crippen molar-refractivity contribution in [1.82, 2.24) is 9.55 Å². The van der Waals surface area contributed by atoms with Crippen molar-refractivity contribution in [3.63, 3.8) is 0 Å². The molecular weight excluding hydrogens is 482 g/mol. The number of ether oxygens (including phenoxy) is 1. The topological polar surface area (TPSA) is 218 Å². The minimum atomic E-state index is -5.32. The van der Waals surface area contributed by atoms with Crippen LogP contribution in [0.25, 0.3) is 0 Å². The fourth-order valence-corrected chi connectivity index (χ4v) is 3.65. The number of hydrogen-bond acceptors (Lipinski definition) is 9. The molecule has 29 heavy (non-hydrogen) atoms. The van der Waals surface area contributed by atoms with Crippen LogP contribution in [0.1, 0.15) is 6.23 Å². The number of phosphoric acid groups is 2. The Bertz CT molecular complexity index is 845. The summed E-state index contributed by atoms with van der Waals surface area (Å²) in [6, 6.07) is 0.962. The first-order valence-corrected chi connectivity index (χ1v) is 9.49. The van der Waals surface area contributed by atoms with Gasteiger partial charge < -0.3 is 29.6 Å². The average molecular weight is 500 g/mol. The van der Waals surface area contributed by atoms with Gasteiger partial charge in [0, 0.05) is 12.3 Å². The molecule has 0 saturated carbocycles. The van der Waals surface area contributed by atoms with Crippen LogP contribution in [0.15, 0.2) is 21.9 Å². The Hall–Kier alpha value is 2.82. The number of rotatable bonds is 6. The van der Waals surface area contributed by atoms with E-state index in [9.17, 15) is 28.9 Å². The predicted molar refractivity (Wildman–Crippen MR) is 105 cm³/mol. The van der Waals surface area contributed by atoms with Crippen LogP contribution in [-0.2, 0) is 22.7 Å². The number of phosphoric ester groups is 1.